The highest BCUT2D eigenvalue weighted by Crippen LogP contribution is 2.34. The number of sulfone groups is 1. The van der Waals surface area contributed by atoms with Gasteiger partial charge in [0, 0.05) is 23.6 Å². The number of benzene rings is 2. The Balaban J connectivity index is 1.57. The minimum atomic E-state index is -2.89. The van der Waals surface area contributed by atoms with E-state index < -0.39 is 9.84 Å². The summed E-state index contributed by atoms with van der Waals surface area (Å²) in [5, 5.41) is 4.32. The molecule has 0 saturated carbocycles. The average Bonchev–Trinajstić information content (AvgIpc) is 3.16. The maximum Gasteiger partial charge on any atom is 0.218 e. The van der Waals surface area contributed by atoms with Crippen molar-refractivity contribution in [2.75, 3.05) is 32.3 Å². The molecule has 2 aromatic carbocycles. The van der Waals surface area contributed by atoms with E-state index in [1.165, 1.54) is 5.56 Å². The molecule has 1 N–H and O–H groups in total. The Morgan fingerprint density at radius 2 is 1.79 bits per heavy atom. The number of rotatable bonds is 9. The molecule has 1 aliphatic rings. The number of aryl methyl sites for hydroxylation is 1. The summed E-state index contributed by atoms with van der Waals surface area (Å²) in [4.78, 5) is 4.77. The minimum absolute atomic E-state index is 0.143. The van der Waals surface area contributed by atoms with E-state index >= 15 is 0 Å². The van der Waals surface area contributed by atoms with Crippen LogP contribution in [-0.2, 0) is 23.0 Å². The van der Waals surface area contributed by atoms with Crippen LogP contribution in [0.5, 0.6) is 17.4 Å². The molecular weight excluding hydrogens is 440 g/mol. The molecule has 1 aliphatic heterocycles. The second-order valence-electron chi connectivity index (χ2n) is 8.53. The van der Waals surface area contributed by atoms with Crippen molar-refractivity contribution in [2.24, 2.45) is 5.92 Å². The first-order valence-electron chi connectivity index (χ1n) is 11.0. The van der Waals surface area contributed by atoms with Crippen molar-refractivity contribution in [2.45, 2.75) is 26.5 Å². The molecule has 2 heterocycles. The molecule has 0 radical (unpaired) electrons. The summed E-state index contributed by atoms with van der Waals surface area (Å²) in [6, 6.07) is 14.0. The van der Waals surface area contributed by atoms with Crippen LogP contribution in [-0.4, -0.2) is 45.7 Å². The van der Waals surface area contributed by atoms with E-state index in [2.05, 4.69) is 24.4 Å². The van der Waals surface area contributed by atoms with Gasteiger partial charge in [0.05, 0.1) is 31.2 Å². The molecule has 0 unspecified atom stereocenters. The van der Waals surface area contributed by atoms with E-state index in [0.717, 1.165) is 22.0 Å². The lowest BCUT2D eigenvalue weighted by molar-refractivity contribution is 0.290. The van der Waals surface area contributed by atoms with Gasteiger partial charge in [-0.15, -0.1) is 0 Å². The van der Waals surface area contributed by atoms with Gasteiger partial charge in [-0.1, -0.05) is 29.8 Å². The first-order valence-corrected chi connectivity index (χ1v) is 12.8. The van der Waals surface area contributed by atoms with Crippen LogP contribution >= 0.6 is 0 Å². The number of methoxy groups -OCH3 is 2. The first-order chi connectivity index (χ1) is 15.9. The molecule has 0 bridgehead atoms. The summed E-state index contributed by atoms with van der Waals surface area (Å²) < 4.78 is 40.5. The van der Waals surface area contributed by atoms with Crippen molar-refractivity contribution >= 4 is 20.7 Å². The number of nitrogens with zero attached hydrogens (tertiary/aromatic N) is 1. The third-order valence-corrected chi connectivity index (χ3v) is 7.77. The topological polar surface area (TPSA) is 86.8 Å². The highest BCUT2D eigenvalue weighted by Gasteiger charge is 2.27. The molecule has 0 amide bonds. The number of hydrogen-bond acceptors (Lipinski definition) is 7. The summed E-state index contributed by atoms with van der Waals surface area (Å²) in [5.74, 6) is 2.46. The Kier molecular flexibility index (Phi) is 7.05. The highest BCUT2D eigenvalue weighted by atomic mass is 32.2. The van der Waals surface area contributed by atoms with Crippen LogP contribution in [0, 0.1) is 12.8 Å². The van der Waals surface area contributed by atoms with Gasteiger partial charge in [-0.25, -0.2) is 13.4 Å². The number of pyridine rings is 1. The average molecular weight is 471 g/mol. The van der Waals surface area contributed by atoms with Gasteiger partial charge in [-0.3, -0.25) is 0 Å². The van der Waals surface area contributed by atoms with Crippen LogP contribution in [0.2, 0.25) is 0 Å². The Hall–Kier alpha value is -2.84. The molecule has 1 atom stereocenters. The van der Waals surface area contributed by atoms with Gasteiger partial charge < -0.3 is 19.5 Å². The number of nitrogens with one attached hydrogen (secondary N) is 1. The molecule has 1 fully saturated rings. The Labute approximate surface area is 195 Å². The van der Waals surface area contributed by atoms with Crippen molar-refractivity contribution in [3.63, 3.8) is 0 Å². The number of hydrogen-bond donors (Lipinski definition) is 1. The largest absolute Gasteiger partial charge is 0.493 e. The van der Waals surface area contributed by atoms with Crippen LogP contribution < -0.4 is 19.5 Å². The fourth-order valence-electron chi connectivity index (χ4n) is 4.06. The van der Waals surface area contributed by atoms with E-state index in [-0.39, 0.29) is 17.4 Å². The van der Waals surface area contributed by atoms with Crippen molar-refractivity contribution in [3.8, 4) is 17.4 Å². The molecule has 1 aromatic heterocycles. The van der Waals surface area contributed by atoms with Gasteiger partial charge in [0.1, 0.15) is 6.61 Å². The molecule has 3 aromatic rings. The Morgan fingerprint density at radius 1 is 1.06 bits per heavy atom. The fraction of sp³-hybridized carbons (Fsp3) is 0.400. The van der Waals surface area contributed by atoms with Gasteiger partial charge in [0.15, 0.2) is 21.3 Å². The quantitative estimate of drug-likeness (QED) is 0.511. The van der Waals surface area contributed by atoms with Gasteiger partial charge in [0.25, 0.3) is 0 Å². The molecule has 7 nitrogen and oxygen atoms in total. The normalized spacial score (nSPS) is 17.2. The standard InChI is InChI=1S/C25H30N2O5S/c1-17-4-6-18(7-5-17)15-32-25-21(14-26-13-19-8-9-33(28,29)16-19)10-20-11-23(30-2)24(31-3)12-22(20)27-25/h4-7,10-12,19,26H,8-9,13-16H2,1-3H3/t19-/m0/s1. The van der Waals surface area contributed by atoms with Crippen LogP contribution in [0.1, 0.15) is 23.1 Å². The number of ether oxygens (including phenoxy) is 3. The van der Waals surface area contributed by atoms with Crippen molar-refractivity contribution < 1.29 is 22.6 Å². The van der Waals surface area contributed by atoms with Crippen molar-refractivity contribution in [1.82, 2.24) is 10.3 Å². The minimum Gasteiger partial charge on any atom is -0.493 e. The van der Waals surface area contributed by atoms with Gasteiger partial charge in [-0.2, -0.15) is 0 Å². The van der Waals surface area contributed by atoms with E-state index in [1.54, 1.807) is 14.2 Å². The van der Waals surface area contributed by atoms with Crippen molar-refractivity contribution in [1.29, 1.82) is 0 Å². The van der Waals surface area contributed by atoms with Crippen LogP contribution in [0.15, 0.2) is 42.5 Å². The lowest BCUT2D eigenvalue weighted by Gasteiger charge is -2.15. The predicted octanol–water partition coefficient (Wildman–Crippen LogP) is 3.66. The highest BCUT2D eigenvalue weighted by molar-refractivity contribution is 7.91. The van der Waals surface area contributed by atoms with Crippen LogP contribution in [0.3, 0.4) is 0 Å². The number of aromatic nitrogens is 1. The SMILES string of the molecule is COc1cc2cc(CNC[C@@H]3CCS(=O)(=O)C3)c(OCc3ccc(C)cc3)nc2cc1OC. The monoisotopic (exact) mass is 470 g/mol. The zero-order valence-electron chi connectivity index (χ0n) is 19.3. The van der Waals surface area contributed by atoms with E-state index in [4.69, 9.17) is 19.2 Å². The summed E-state index contributed by atoms with van der Waals surface area (Å²) >= 11 is 0. The lowest BCUT2D eigenvalue weighted by Crippen LogP contribution is -2.23. The van der Waals surface area contributed by atoms with E-state index in [0.29, 0.717) is 43.5 Å². The first kappa shape index (κ1) is 23.3. The maximum atomic E-state index is 11.7. The van der Waals surface area contributed by atoms with Crippen molar-refractivity contribution in [3.05, 3.63) is 59.2 Å². The predicted molar refractivity (Wildman–Crippen MR) is 129 cm³/mol. The maximum absolute atomic E-state index is 11.7. The van der Waals surface area contributed by atoms with Crippen LogP contribution in [0.25, 0.3) is 10.9 Å². The third-order valence-electron chi connectivity index (χ3n) is 5.93. The van der Waals surface area contributed by atoms with Crippen LogP contribution in [0.4, 0.5) is 0 Å². The smallest absolute Gasteiger partial charge is 0.218 e. The van der Waals surface area contributed by atoms with E-state index in [1.807, 2.05) is 30.3 Å². The third kappa shape index (κ3) is 5.75. The zero-order valence-corrected chi connectivity index (χ0v) is 20.1. The number of fused-ring (bicyclic) bond motifs is 1. The molecule has 1 saturated heterocycles. The summed E-state index contributed by atoms with van der Waals surface area (Å²) in [5.41, 5.74) is 3.91. The van der Waals surface area contributed by atoms with Gasteiger partial charge in [0.2, 0.25) is 5.88 Å². The molecular formula is C25H30N2O5S. The summed E-state index contributed by atoms with van der Waals surface area (Å²) in [7, 11) is 0.316. The second kappa shape index (κ2) is 9.97. The Morgan fingerprint density at radius 3 is 2.45 bits per heavy atom. The molecule has 4 rings (SSSR count). The Bertz CT molecular complexity index is 1230. The summed E-state index contributed by atoms with van der Waals surface area (Å²) in [6.45, 7) is 3.62. The fourth-order valence-corrected chi connectivity index (χ4v) is 5.92. The van der Waals surface area contributed by atoms with Gasteiger partial charge in [-0.05, 0) is 43.5 Å². The molecule has 0 spiro atoms. The molecule has 33 heavy (non-hydrogen) atoms. The molecule has 0 aliphatic carbocycles. The molecule has 176 valence electrons. The zero-order chi connectivity index (χ0) is 23.4. The second-order valence-corrected chi connectivity index (χ2v) is 10.8. The molecule has 8 heteroatoms. The van der Waals surface area contributed by atoms with Gasteiger partial charge >= 0.3 is 0 Å². The summed E-state index contributed by atoms with van der Waals surface area (Å²) in [6.07, 6.45) is 0.707. The lowest BCUT2D eigenvalue weighted by atomic mass is 10.1. The van der Waals surface area contributed by atoms with E-state index in [9.17, 15) is 8.42 Å².